The summed E-state index contributed by atoms with van der Waals surface area (Å²) in [5.74, 6) is 0. The molecular weight excluding hydrogens is 205 g/mol. The predicted molar refractivity (Wildman–Crippen MR) is 79.5 cm³/mol. The lowest BCUT2D eigenvalue weighted by Crippen LogP contribution is -2.51. The molecule has 0 amide bonds. The molecule has 1 aliphatic heterocycles. The topological polar surface area (TPSA) is 3.24 Å². The molecular formula is C15H30BN. The first kappa shape index (κ1) is 14.8. The van der Waals surface area contributed by atoms with Crippen LogP contribution in [0.1, 0.15) is 67.2 Å². The van der Waals surface area contributed by atoms with Gasteiger partial charge in [-0.15, -0.1) is 0 Å². The van der Waals surface area contributed by atoms with Crippen LogP contribution in [-0.4, -0.2) is 23.7 Å². The molecule has 17 heavy (non-hydrogen) atoms. The lowest BCUT2D eigenvalue weighted by atomic mass is 9.52. The first-order valence-electron chi connectivity index (χ1n) is 7.65. The fraction of sp³-hybridized carbons (Fsp3) is 0.867. The van der Waals surface area contributed by atoms with Gasteiger partial charge in [0.2, 0.25) is 0 Å². The van der Waals surface area contributed by atoms with Crippen LogP contribution in [0, 0.1) is 0 Å². The van der Waals surface area contributed by atoms with E-state index in [2.05, 4.69) is 46.4 Å². The van der Waals surface area contributed by atoms with E-state index >= 15 is 0 Å². The van der Waals surface area contributed by atoms with E-state index in [-0.39, 0.29) is 0 Å². The van der Waals surface area contributed by atoms with Gasteiger partial charge in [0, 0.05) is 5.54 Å². The van der Waals surface area contributed by atoms with E-state index < -0.39 is 0 Å². The number of rotatable bonds is 6. The van der Waals surface area contributed by atoms with Crippen molar-refractivity contribution < 1.29 is 0 Å². The zero-order valence-corrected chi connectivity index (χ0v) is 12.8. The molecule has 0 saturated heterocycles. The molecule has 1 heterocycles. The highest BCUT2D eigenvalue weighted by molar-refractivity contribution is 6.65. The van der Waals surface area contributed by atoms with Gasteiger partial charge in [-0.25, -0.2) is 0 Å². The molecule has 0 atom stereocenters. The van der Waals surface area contributed by atoms with Crippen molar-refractivity contribution in [2.75, 3.05) is 6.54 Å². The quantitative estimate of drug-likeness (QED) is 0.610. The van der Waals surface area contributed by atoms with Crippen LogP contribution in [-0.2, 0) is 0 Å². The molecule has 0 aromatic heterocycles. The van der Waals surface area contributed by atoms with Gasteiger partial charge in [-0.05, 0) is 32.2 Å². The van der Waals surface area contributed by atoms with E-state index in [1.165, 1.54) is 38.5 Å². The Kier molecular flexibility index (Phi) is 5.31. The summed E-state index contributed by atoms with van der Waals surface area (Å²) < 4.78 is 0. The second kappa shape index (κ2) is 6.09. The van der Waals surface area contributed by atoms with Gasteiger partial charge in [-0.2, -0.15) is 0 Å². The number of allylic oxidation sites excluding steroid dienone is 1. The Balaban J connectivity index is 3.29. The molecule has 0 aromatic rings. The maximum Gasteiger partial charge on any atom is 0.253 e. The van der Waals surface area contributed by atoms with E-state index in [9.17, 15) is 0 Å². The second-order valence-corrected chi connectivity index (χ2v) is 5.16. The minimum Gasteiger partial charge on any atom is -0.330 e. The van der Waals surface area contributed by atoms with Crippen LogP contribution >= 0.6 is 0 Å². The molecule has 0 fully saturated rings. The molecule has 0 unspecified atom stereocenters. The van der Waals surface area contributed by atoms with Crippen molar-refractivity contribution in [3.63, 3.8) is 0 Å². The Hall–Kier alpha value is -0.235. The first-order chi connectivity index (χ1) is 8.16. The van der Waals surface area contributed by atoms with Crippen LogP contribution in [0.15, 0.2) is 11.0 Å². The van der Waals surface area contributed by atoms with Gasteiger partial charge in [-0.3, -0.25) is 0 Å². The van der Waals surface area contributed by atoms with Crippen LogP contribution < -0.4 is 0 Å². The molecule has 1 aliphatic rings. The van der Waals surface area contributed by atoms with Gasteiger partial charge in [0.1, 0.15) is 0 Å². The number of likely N-dealkylation sites (N-methyl/N-ethyl adjacent to an activating group) is 1. The third-order valence-corrected chi connectivity index (χ3v) is 4.91. The fourth-order valence-corrected chi connectivity index (χ4v) is 4.24. The Morgan fingerprint density at radius 3 is 1.82 bits per heavy atom. The summed E-state index contributed by atoms with van der Waals surface area (Å²) in [5, 5.41) is 0. The minimum atomic E-state index is 0.371. The van der Waals surface area contributed by atoms with Crippen molar-refractivity contribution in [1.29, 1.82) is 0 Å². The standard InChI is InChI=1S/C15H30BN/c1-7-13-14(8-2)16(11-5)17(12-6)15(13,9-3)10-4/h7-12H2,1-6H3. The molecule has 0 bridgehead atoms. The SMILES string of the molecule is CCB1C(CC)=C(CC)C(CC)(CC)N1CC. The Bertz CT molecular complexity index is 279. The Morgan fingerprint density at radius 1 is 0.941 bits per heavy atom. The second-order valence-electron chi connectivity index (χ2n) is 5.16. The molecule has 0 aromatic carbocycles. The van der Waals surface area contributed by atoms with Crippen LogP contribution in [0.2, 0.25) is 6.32 Å². The summed E-state index contributed by atoms with van der Waals surface area (Å²) in [6.45, 7) is 16.0. The minimum absolute atomic E-state index is 0.371. The van der Waals surface area contributed by atoms with Gasteiger partial charge in [0.25, 0.3) is 6.85 Å². The van der Waals surface area contributed by atoms with E-state index in [0.717, 1.165) is 0 Å². The van der Waals surface area contributed by atoms with Gasteiger partial charge in [0.15, 0.2) is 0 Å². The Labute approximate surface area is 109 Å². The van der Waals surface area contributed by atoms with Gasteiger partial charge < -0.3 is 4.81 Å². The van der Waals surface area contributed by atoms with Gasteiger partial charge in [0.05, 0.1) is 0 Å². The highest BCUT2D eigenvalue weighted by atomic mass is 15.2. The third kappa shape index (κ3) is 2.09. The average molecular weight is 235 g/mol. The van der Waals surface area contributed by atoms with Crippen LogP contribution in [0.3, 0.4) is 0 Å². The molecule has 1 rings (SSSR count). The smallest absolute Gasteiger partial charge is 0.253 e. The van der Waals surface area contributed by atoms with E-state index in [0.29, 0.717) is 12.4 Å². The van der Waals surface area contributed by atoms with E-state index in [4.69, 9.17) is 0 Å². The van der Waals surface area contributed by atoms with E-state index in [1.807, 2.05) is 0 Å². The highest BCUT2D eigenvalue weighted by Crippen LogP contribution is 2.45. The van der Waals surface area contributed by atoms with Crippen LogP contribution in [0.4, 0.5) is 0 Å². The molecule has 0 spiro atoms. The lowest BCUT2D eigenvalue weighted by Gasteiger charge is -2.42. The van der Waals surface area contributed by atoms with Crippen molar-refractivity contribution in [3.05, 3.63) is 11.0 Å². The largest absolute Gasteiger partial charge is 0.330 e. The zero-order chi connectivity index (χ0) is 13.1. The lowest BCUT2D eigenvalue weighted by molar-refractivity contribution is 0.222. The predicted octanol–water partition coefficient (Wildman–Crippen LogP) is 4.55. The van der Waals surface area contributed by atoms with Crippen molar-refractivity contribution in [2.24, 2.45) is 0 Å². The summed E-state index contributed by atoms with van der Waals surface area (Å²) in [6.07, 6.45) is 6.26. The van der Waals surface area contributed by atoms with Crippen molar-refractivity contribution in [1.82, 2.24) is 4.81 Å². The summed E-state index contributed by atoms with van der Waals surface area (Å²) in [6, 6.07) is 0. The zero-order valence-electron chi connectivity index (χ0n) is 12.8. The average Bonchev–Trinajstić information content (AvgIpc) is 2.66. The molecule has 0 aliphatic carbocycles. The third-order valence-electron chi connectivity index (χ3n) is 4.91. The Morgan fingerprint density at radius 2 is 1.53 bits per heavy atom. The van der Waals surface area contributed by atoms with Gasteiger partial charge in [-0.1, -0.05) is 58.9 Å². The maximum atomic E-state index is 2.78. The molecule has 98 valence electrons. The summed E-state index contributed by atoms with van der Waals surface area (Å²) in [4.78, 5) is 2.78. The molecule has 0 radical (unpaired) electrons. The summed E-state index contributed by atoms with van der Waals surface area (Å²) in [7, 11) is 0. The van der Waals surface area contributed by atoms with E-state index in [1.54, 1.807) is 11.0 Å². The summed E-state index contributed by atoms with van der Waals surface area (Å²) >= 11 is 0. The van der Waals surface area contributed by atoms with Crippen LogP contribution in [0.25, 0.3) is 0 Å². The van der Waals surface area contributed by atoms with Crippen molar-refractivity contribution in [2.45, 2.75) is 79.1 Å². The number of hydrogen-bond donors (Lipinski definition) is 0. The molecule has 0 N–H and O–H groups in total. The molecule has 2 heteroatoms. The molecule has 1 nitrogen and oxygen atoms in total. The fourth-order valence-electron chi connectivity index (χ4n) is 4.24. The number of hydrogen-bond acceptors (Lipinski definition) is 1. The van der Waals surface area contributed by atoms with Crippen LogP contribution in [0.5, 0.6) is 0 Å². The normalized spacial score (nSPS) is 20.5. The van der Waals surface area contributed by atoms with Crippen molar-refractivity contribution in [3.8, 4) is 0 Å². The van der Waals surface area contributed by atoms with Crippen molar-refractivity contribution >= 4 is 6.85 Å². The number of nitrogens with zero attached hydrogens (tertiary/aromatic N) is 1. The highest BCUT2D eigenvalue weighted by Gasteiger charge is 2.48. The first-order valence-corrected chi connectivity index (χ1v) is 7.65. The monoisotopic (exact) mass is 235 g/mol. The molecule has 0 saturated carbocycles. The maximum absolute atomic E-state index is 2.78. The summed E-state index contributed by atoms with van der Waals surface area (Å²) in [5.41, 5.74) is 3.88. The van der Waals surface area contributed by atoms with Gasteiger partial charge >= 0.3 is 0 Å².